The molecule has 2 aromatic heterocycles. The van der Waals surface area contributed by atoms with Gasteiger partial charge in [0, 0.05) is 18.3 Å². The first-order valence-corrected chi connectivity index (χ1v) is 8.14. The summed E-state index contributed by atoms with van der Waals surface area (Å²) in [6, 6.07) is 0. The second kappa shape index (κ2) is 4.97. The van der Waals surface area contributed by atoms with E-state index in [1.165, 1.54) is 28.4 Å². The Morgan fingerprint density at radius 2 is 2.22 bits per heavy atom. The van der Waals surface area contributed by atoms with E-state index in [1.807, 2.05) is 18.4 Å². The van der Waals surface area contributed by atoms with Crippen LogP contribution in [-0.4, -0.2) is 17.0 Å². The molecule has 0 atom stereocenters. The first kappa shape index (κ1) is 12.1. The quantitative estimate of drug-likeness (QED) is 0.894. The monoisotopic (exact) mass is 279 g/mol. The number of aryl methyl sites for hydroxylation is 1. The van der Waals surface area contributed by atoms with Crippen LogP contribution in [0, 0.1) is 0 Å². The largest absolute Gasteiger partial charge is 0.365 e. The smallest absolute Gasteiger partial charge is 0.182 e. The molecule has 1 N–H and O–H groups in total. The summed E-state index contributed by atoms with van der Waals surface area (Å²) in [5.41, 5.74) is 2.34. The molecule has 96 valence electrons. The Kier molecular flexibility index (Phi) is 3.35. The molecular formula is C13H17N3S2. The topological polar surface area (TPSA) is 37.8 Å². The third-order valence-electron chi connectivity index (χ3n) is 3.08. The lowest BCUT2D eigenvalue weighted by Crippen LogP contribution is -1.89. The van der Waals surface area contributed by atoms with E-state index in [1.54, 1.807) is 11.3 Å². The van der Waals surface area contributed by atoms with Crippen LogP contribution in [0.4, 0.5) is 5.13 Å². The Labute approximate surface area is 115 Å². The zero-order valence-corrected chi connectivity index (χ0v) is 12.3. The zero-order valence-electron chi connectivity index (χ0n) is 10.7. The summed E-state index contributed by atoms with van der Waals surface area (Å²) in [4.78, 5) is 10.7. The van der Waals surface area contributed by atoms with Gasteiger partial charge in [0.2, 0.25) is 0 Å². The lowest BCUT2D eigenvalue weighted by atomic mass is 10.2. The van der Waals surface area contributed by atoms with E-state index in [0.29, 0.717) is 0 Å². The van der Waals surface area contributed by atoms with E-state index in [4.69, 9.17) is 4.98 Å². The third kappa shape index (κ3) is 2.29. The average molecular weight is 279 g/mol. The van der Waals surface area contributed by atoms with E-state index in [9.17, 15) is 0 Å². The number of anilines is 1. The molecule has 0 bridgehead atoms. The molecule has 0 aromatic carbocycles. The number of thiazole rings is 2. The summed E-state index contributed by atoms with van der Waals surface area (Å²) in [6.45, 7) is 2.21. The highest BCUT2D eigenvalue weighted by Crippen LogP contribution is 2.45. The van der Waals surface area contributed by atoms with E-state index in [-0.39, 0.29) is 0 Å². The van der Waals surface area contributed by atoms with Crippen molar-refractivity contribution in [2.45, 2.75) is 38.5 Å². The van der Waals surface area contributed by atoms with Gasteiger partial charge in [-0.1, -0.05) is 13.3 Å². The summed E-state index contributed by atoms with van der Waals surface area (Å²) >= 11 is 3.51. The lowest BCUT2D eigenvalue weighted by molar-refractivity contribution is 0.880. The van der Waals surface area contributed by atoms with Crippen molar-refractivity contribution in [2.75, 3.05) is 12.4 Å². The molecule has 3 nitrogen and oxygen atoms in total. The molecule has 0 aliphatic heterocycles. The summed E-state index contributed by atoms with van der Waals surface area (Å²) in [5, 5.41) is 7.54. The molecular weight excluding hydrogens is 262 g/mol. The van der Waals surface area contributed by atoms with Gasteiger partial charge in [-0.15, -0.1) is 22.7 Å². The zero-order chi connectivity index (χ0) is 12.5. The molecule has 1 fully saturated rings. The maximum atomic E-state index is 4.84. The van der Waals surface area contributed by atoms with Crippen LogP contribution in [0.25, 0.3) is 10.6 Å². The number of nitrogens with one attached hydrogen (secondary N) is 1. The average Bonchev–Trinajstić information content (AvgIpc) is 2.98. The van der Waals surface area contributed by atoms with Crippen molar-refractivity contribution in [3.8, 4) is 10.6 Å². The van der Waals surface area contributed by atoms with Crippen molar-refractivity contribution in [2.24, 2.45) is 0 Å². The standard InChI is InChI=1S/C13H17N3S2/c1-3-4-9-11(10-7-17-13(14-2)16-10)18-12(15-9)8-5-6-8/h7-8H,3-6H2,1-2H3,(H,14,16). The number of hydrogen-bond acceptors (Lipinski definition) is 5. The van der Waals surface area contributed by atoms with Crippen molar-refractivity contribution >= 4 is 27.8 Å². The number of hydrogen-bond donors (Lipinski definition) is 1. The van der Waals surface area contributed by atoms with Crippen molar-refractivity contribution in [3.05, 3.63) is 16.1 Å². The fourth-order valence-corrected chi connectivity index (χ4v) is 3.95. The SMILES string of the molecule is CCCc1nc(C2CC2)sc1-c1csc(NC)n1. The van der Waals surface area contributed by atoms with Crippen LogP contribution in [0.1, 0.15) is 42.8 Å². The Hall–Kier alpha value is -0.940. The molecule has 5 heteroatoms. The summed E-state index contributed by atoms with van der Waals surface area (Å²) in [6.07, 6.45) is 4.84. The summed E-state index contributed by atoms with van der Waals surface area (Å²) in [7, 11) is 1.91. The van der Waals surface area contributed by atoms with Gasteiger partial charge in [0.05, 0.1) is 21.3 Å². The predicted molar refractivity (Wildman–Crippen MR) is 78.7 cm³/mol. The van der Waals surface area contributed by atoms with E-state index in [0.717, 1.165) is 29.6 Å². The van der Waals surface area contributed by atoms with E-state index in [2.05, 4.69) is 22.6 Å². The first-order chi connectivity index (χ1) is 8.81. The van der Waals surface area contributed by atoms with Crippen molar-refractivity contribution in [1.29, 1.82) is 0 Å². The summed E-state index contributed by atoms with van der Waals surface area (Å²) < 4.78 is 0. The van der Waals surface area contributed by atoms with Crippen LogP contribution in [0.5, 0.6) is 0 Å². The lowest BCUT2D eigenvalue weighted by Gasteiger charge is -1.96. The maximum absolute atomic E-state index is 4.84. The second-order valence-electron chi connectivity index (χ2n) is 4.64. The van der Waals surface area contributed by atoms with Gasteiger partial charge in [0.1, 0.15) is 0 Å². The molecule has 0 saturated heterocycles. The van der Waals surface area contributed by atoms with Gasteiger partial charge in [-0.3, -0.25) is 0 Å². The Bertz CT molecular complexity index is 540. The molecule has 0 unspecified atom stereocenters. The highest BCUT2D eigenvalue weighted by molar-refractivity contribution is 7.17. The minimum Gasteiger partial charge on any atom is -0.365 e. The van der Waals surface area contributed by atoms with Crippen LogP contribution in [0.2, 0.25) is 0 Å². The molecule has 1 saturated carbocycles. The van der Waals surface area contributed by atoms with Crippen molar-refractivity contribution in [1.82, 2.24) is 9.97 Å². The highest BCUT2D eigenvalue weighted by Gasteiger charge is 2.28. The Morgan fingerprint density at radius 1 is 1.39 bits per heavy atom. The molecule has 0 spiro atoms. The minimum atomic E-state index is 0.738. The van der Waals surface area contributed by atoms with Crippen LogP contribution in [0.15, 0.2) is 5.38 Å². The van der Waals surface area contributed by atoms with Gasteiger partial charge in [-0.2, -0.15) is 0 Å². The molecule has 18 heavy (non-hydrogen) atoms. The van der Waals surface area contributed by atoms with E-state index >= 15 is 0 Å². The first-order valence-electron chi connectivity index (χ1n) is 6.45. The van der Waals surface area contributed by atoms with Crippen LogP contribution < -0.4 is 5.32 Å². The number of aromatic nitrogens is 2. The van der Waals surface area contributed by atoms with Crippen molar-refractivity contribution in [3.63, 3.8) is 0 Å². The predicted octanol–water partition coefficient (Wildman–Crippen LogP) is 4.14. The normalized spacial score (nSPS) is 15.0. The van der Waals surface area contributed by atoms with Crippen LogP contribution >= 0.6 is 22.7 Å². The molecule has 2 aromatic rings. The second-order valence-corrected chi connectivity index (χ2v) is 6.53. The van der Waals surface area contributed by atoms with Gasteiger partial charge >= 0.3 is 0 Å². The van der Waals surface area contributed by atoms with Gasteiger partial charge in [-0.25, -0.2) is 9.97 Å². The Balaban J connectivity index is 1.97. The fourth-order valence-electron chi connectivity index (χ4n) is 1.97. The van der Waals surface area contributed by atoms with E-state index < -0.39 is 0 Å². The maximum Gasteiger partial charge on any atom is 0.182 e. The van der Waals surface area contributed by atoms with Crippen LogP contribution in [0.3, 0.4) is 0 Å². The molecule has 0 amide bonds. The van der Waals surface area contributed by atoms with Gasteiger partial charge in [-0.05, 0) is 19.3 Å². The molecule has 0 radical (unpaired) electrons. The van der Waals surface area contributed by atoms with Gasteiger partial charge in [0.25, 0.3) is 0 Å². The molecule has 1 aliphatic rings. The highest BCUT2D eigenvalue weighted by atomic mass is 32.1. The fraction of sp³-hybridized carbons (Fsp3) is 0.538. The third-order valence-corrected chi connectivity index (χ3v) is 5.22. The Morgan fingerprint density at radius 3 is 2.83 bits per heavy atom. The number of rotatable bonds is 5. The summed E-state index contributed by atoms with van der Waals surface area (Å²) in [5.74, 6) is 0.738. The molecule has 2 heterocycles. The van der Waals surface area contributed by atoms with Gasteiger partial charge in [0.15, 0.2) is 5.13 Å². The van der Waals surface area contributed by atoms with Crippen LogP contribution in [-0.2, 0) is 6.42 Å². The number of nitrogens with zero attached hydrogens (tertiary/aromatic N) is 2. The minimum absolute atomic E-state index is 0.738. The van der Waals surface area contributed by atoms with Gasteiger partial charge < -0.3 is 5.32 Å². The molecule has 1 aliphatic carbocycles. The van der Waals surface area contributed by atoms with Crippen molar-refractivity contribution < 1.29 is 0 Å². The molecule has 3 rings (SSSR count).